The van der Waals surface area contributed by atoms with Gasteiger partial charge < -0.3 is 5.32 Å². The second-order valence-corrected chi connectivity index (χ2v) is 9.94. The smallest absolute Gasteiger partial charge is 0.270 e. The number of carbonyl (C=O) groups is 2. The normalized spacial score (nSPS) is 19.5. The van der Waals surface area contributed by atoms with Crippen LogP contribution in [0.4, 0.5) is 0 Å². The molecular formula is C30H31N5O3. The van der Waals surface area contributed by atoms with Crippen molar-refractivity contribution in [2.75, 3.05) is 0 Å². The Morgan fingerprint density at radius 3 is 2.39 bits per heavy atom. The average Bonchev–Trinajstić information content (AvgIpc) is 3.33. The molecule has 1 aliphatic heterocycles. The first kappa shape index (κ1) is 25.4. The third kappa shape index (κ3) is 5.21. The maximum absolute atomic E-state index is 13.6. The summed E-state index contributed by atoms with van der Waals surface area (Å²) < 4.78 is 1.49. The number of amides is 2. The maximum Gasteiger partial charge on any atom is 0.270 e. The minimum Gasteiger partial charge on any atom is -0.339 e. The van der Waals surface area contributed by atoms with Crippen molar-refractivity contribution < 1.29 is 14.8 Å². The number of rotatable bonds is 4. The van der Waals surface area contributed by atoms with Crippen LogP contribution in [-0.4, -0.2) is 43.6 Å². The monoisotopic (exact) mass is 509 g/mol. The molecule has 8 nitrogen and oxygen atoms in total. The second kappa shape index (κ2) is 10.6. The summed E-state index contributed by atoms with van der Waals surface area (Å²) in [6.07, 6.45) is 14.7. The number of aryl methyl sites for hydroxylation is 2. The molecule has 2 amide bonds. The van der Waals surface area contributed by atoms with Gasteiger partial charge in [0.25, 0.3) is 11.8 Å². The molecule has 0 spiro atoms. The van der Waals surface area contributed by atoms with E-state index in [1.54, 1.807) is 31.7 Å². The molecule has 0 fully saturated rings. The van der Waals surface area contributed by atoms with Crippen LogP contribution >= 0.6 is 0 Å². The first-order valence-electron chi connectivity index (χ1n) is 12.7. The molecule has 3 aliphatic rings. The summed E-state index contributed by atoms with van der Waals surface area (Å²) in [5, 5.41) is 17.9. The highest BCUT2D eigenvalue weighted by molar-refractivity contribution is 6.12. The quantitative estimate of drug-likeness (QED) is 0.643. The van der Waals surface area contributed by atoms with Gasteiger partial charge >= 0.3 is 0 Å². The minimum atomic E-state index is -0.760. The van der Waals surface area contributed by atoms with Crippen LogP contribution < -0.4 is 5.32 Å². The highest BCUT2D eigenvalue weighted by atomic mass is 16.5. The van der Waals surface area contributed by atoms with E-state index in [9.17, 15) is 14.8 Å². The summed E-state index contributed by atoms with van der Waals surface area (Å²) in [6.45, 7) is 3.88. The Kier molecular flexibility index (Phi) is 7.07. The molecule has 0 saturated carbocycles. The van der Waals surface area contributed by atoms with Crippen LogP contribution in [0.25, 0.3) is 0 Å². The minimum absolute atomic E-state index is 0.0719. The number of carbonyl (C=O) groups excluding carboxylic acids is 2. The van der Waals surface area contributed by atoms with Crippen LogP contribution in [0.15, 0.2) is 101 Å². The predicted molar refractivity (Wildman–Crippen MR) is 145 cm³/mol. The maximum atomic E-state index is 13.6. The molecule has 5 rings (SSSR count). The van der Waals surface area contributed by atoms with Gasteiger partial charge in [-0.2, -0.15) is 5.10 Å². The van der Waals surface area contributed by atoms with Crippen molar-refractivity contribution in [1.29, 1.82) is 0 Å². The number of allylic oxidation sites excluding steroid dienone is 8. The van der Waals surface area contributed by atoms with Gasteiger partial charge in [0, 0.05) is 25.6 Å². The number of benzene rings is 1. The van der Waals surface area contributed by atoms with Gasteiger partial charge in [-0.1, -0.05) is 36.4 Å². The van der Waals surface area contributed by atoms with Crippen molar-refractivity contribution in [3.05, 3.63) is 112 Å². The van der Waals surface area contributed by atoms with E-state index in [0.29, 0.717) is 17.8 Å². The molecule has 2 aromatic rings. The van der Waals surface area contributed by atoms with Crippen molar-refractivity contribution in [3.63, 3.8) is 0 Å². The fourth-order valence-corrected chi connectivity index (χ4v) is 5.43. The van der Waals surface area contributed by atoms with Crippen molar-refractivity contribution in [2.24, 2.45) is 18.0 Å². The zero-order valence-electron chi connectivity index (χ0n) is 21.8. The van der Waals surface area contributed by atoms with Crippen molar-refractivity contribution in [2.45, 2.75) is 39.2 Å². The zero-order chi connectivity index (χ0) is 26.8. The third-order valence-corrected chi connectivity index (χ3v) is 7.30. The van der Waals surface area contributed by atoms with E-state index < -0.39 is 6.04 Å². The molecule has 0 saturated heterocycles. The number of aliphatic imine (C=N–C) groups is 1. The van der Waals surface area contributed by atoms with Crippen LogP contribution in [0.3, 0.4) is 0 Å². The molecule has 1 aromatic heterocycles. The number of hydrogen-bond donors (Lipinski definition) is 2. The zero-order valence-corrected chi connectivity index (χ0v) is 21.8. The largest absolute Gasteiger partial charge is 0.339 e. The van der Waals surface area contributed by atoms with Gasteiger partial charge in [-0.3, -0.25) is 19.5 Å². The number of hydroxylamine groups is 2. The van der Waals surface area contributed by atoms with Crippen LogP contribution in [0.5, 0.6) is 0 Å². The molecule has 38 heavy (non-hydrogen) atoms. The predicted octanol–water partition coefficient (Wildman–Crippen LogP) is 4.23. The summed E-state index contributed by atoms with van der Waals surface area (Å²) >= 11 is 0. The Hall–Kier alpha value is -4.30. The van der Waals surface area contributed by atoms with Gasteiger partial charge in [-0.05, 0) is 90.7 Å². The van der Waals surface area contributed by atoms with Gasteiger partial charge in [0.15, 0.2) is 0 Å². The lowest BCUT2D eigenvalue weighted by atomic mass is 9.79. The van der Waals surface area contributed by atoms with Gasteiger partial charge in [-0.25, -0.2) is 10.1 Å². The first-order chi connectivity index (χ1) is 18.3. The van der Waals surface area contributed by atoms with E-state index in [1.165, 1.54) is 15.8 Å². The summed E-state index contributed by atoms with van der Waals surface area (Å²) in [4.78, 5) is 31.1. The molecule has 0 bridgehead atoms. The van der Waals surface area contributed by atoms with E-state index in [4.69, 9.17) is 0 Å². The molecule has 2 heterocycles. The molecule has 8 heteroatoms. The SMILES string of the molecule is CC1=CN(O)C=C(C)C1=C1C=CC(=NC(=O)[C@@H](NC(=O)c2ccnn2C)[C@H]2CCc3ccccc3C2)C=C1. The number of aromatic nitrogens is 2. The fraction of sp³-hybridized carbons (Fsp3) is 0.267. The number of nitrogens with zero attached hydrogens (tertiary/aromatic N) is 4. The summed E-state index contributed by atoms with van der Waals surface area (Å²) in [7, 11) is 1.70. The molecule has 0 unspecified atom stereocenters. The van der Waals surface area contributed by atoms with Crippen LogP contribution in [-0.2, 0) is 24.7 Å². The van der Waals surface area contributed by atoms with Crippen molar-refractivity contribution in [1.82, 2.24) is 20.2 Å². The van der Waals surface area contributed by atoms with Gasteiger partial charge in [0.2, 0.25) is 0 Å². The van der Waals surface area contributed by atoms with Crippen molar-refractivity contribution >= 4 is 17.5 Å². The highest BCUT2D eigenvalue weighted by Crippen LogP contribution is 2.30. The summed E-state index contributed by atoms with van der Waals surface area (Å²) in [6, 6.07) is 9.13. The van der Waals surface area contributed by atoms with Crippen LogP contribution in [0.1, 0.15) is 41.9 Å². The number of fused-ring (bicyclic) bond motifs is 1. The fourth-order valence-electron chi connectivity index (χ4n) is 5.43. The molecule has 2 atom stereocenters. The average molecular weight is 510 g/mol. The molecule has 2 N–H and O–H groups in total. The molecule has 2 aliphatic carbocycles. The summed E-state index contributed by atoms with van der Waals surface area (Å²) in [5.41, 5.74) is 7.27. The van der Waals surface area contributed by atoms with E-state index in [2.05, 4.69) is 27.5 Å². The molecule has 194 valence electrons. The van der Waals surface area contributed by atoms with E-state index >= 15 is 0 Å². The van der Waals surface area contributed by atoms with Crippen LogP contribution in [0, 0.1) is 5.92 Å². The second-order valence-electron chi connectivity index (χ2n) is 9.94. The van der Waals surface area contributed by atoms with Crippen LogP contribution in [0.2, 0.25) is 0 Å². The molecular weight excluding hydrogens is 478 g/mol. The summed E-state index contributed by atoms with van der Waals surface area (Å²) in [5.74, 6) is -0.785. The number of nitrogens with one attached hydrogen (secondary N) is 1. The van der Waals surface area contributed by atoms with Gasteiger partial charge in [-0.15, -0.1) is 0 Å². The first-order valence-corrected chi connectivity index (χ1v) is 12.7. The highest BCUT2D eigenvalue weighted by Gasteiger charge is 2.33. The third-order valence-electron chi connectivity index (χ3n) is 7.30. The van der Waals surface area contributed by atoms with Crippen molar-refractivity contribution in [3.8, 4) is 0 Å². The van der Waals surface area contributed by atoms with E-state index in [-0.39, 0.29) is 17.7 Å². The lowest BCUT2D eigenvalue weighted by Gasteiger charge is -2.30. The Labute approximate surface area is 222 Å². The van der Waals surface area contributed by atoms with E-state index in [1.807, 2.05) is 50.3 Å². The molecule has 0 radical (unpaired) electrons. The van der Waals surface area contributed by atoms with E-state index in [0.717, 1.165) is 40.2 Å². The Morgan fingerprint density at radius 2 is 1.74 bits per heavy atom. The topological polar surface area (TPSA) is 99.8 Å². The Bertz CT molecular complexity index is 1430. The Balaban J connectivity index is 1.40. The number of hydrogen-bond acceptors (Lipinski definition) is 5. The lowest BCUT2D eigenvalue weighted by molar-refractivity contribution is -0.120. The Morgan fingerprint density at radius 1 is 1.05 bits per heavy atom. The lowest BCUT2D eigenvalue weighted by Crippen LogP contribution is -2.47. The van der Waals surface area contributed by atoms with Gasteiger partial charge in [0.1, 0.15) is 11.7 Å². The van der Waals surface area contributed by atoms with Gasteiger partial charge in [0.05, 0.1) is 5.71 Å². The molecule has 1 aromatic carbocycles. The standard InChI is InChI=1S/C30H31N5O3/c1-19-17-35(38)18-20(2)27(19)22-10-12-25(13-11-22)32-30(37)28(33-29(36)26-14-15-31-34(26)3)24-9-8-21-6-4-5-7-23(21)16-24/h4-7,10-15,17-18,24,28,38H,8-9,16H2,1-3H3,(H,33,36)/t24-,28-/m0/s1.